The number of benzene rings is 1. The maximum Gasteiger partial charge on any atom is 0.243 e. The third-order valence-electron chi connectivity index (χ3n) is 4.82. The minimum Gasteiger partial charge on any atom is -0.350 e. The first-order valence-electron chi connectivity index (χ1n) is 9.06. The van der Waals surface area contributed by atoms with Gasteiger partial charge in [-0.25, -0.2) is 8.42 Å². The molecule has 1 aliphatic heterocycles. The molecule has 0 bridgehead atoms. The minimum atomic E-state index is -3.58. The Morgan fingerprint density at radius 1 is 1.21 bits per heavy atom. The van der Waals surface area contributed by atoms with Crippen molar-refractivity contribution in [3.05, 3.63) is 46.2 Å². The number of piperidine rings is 1. The summed E-state index contributed by atoms with van der Waals surface area (Å²) < 4.78 is 28.6. The third-order valence-corrected chi connectivity index (χ3v) is 7.30. The van der Waals surface area contributed by atoms with Crippen molar-refractivity contribution in [2.45, 2.75) is 37.8 Å². The van der Waals surface area contributed by atoms with Crippen LogP contribution in [0.5, 0.6) is 0 Å². The summed E-state index contributed by atoms with van der Waals surface area (Å²) in [6.45, 7) is 3.52. The number of nitrogens with zero attached hydrogens (tertiary/aromatic N) is 3. The first kappa shape index (κ1) is 21.1. The monoisotopic (exact) mass is 444 g/mol. The molecular formula is C18H22Cl2N4O3S. The van der Waals surface area contributed by atoms with Crippen LogP contribution in [0.25, 0.3) is 0 Å². The molecule has 10 heteroatoms. The molecule has 2 heterocycles. The van der Waals surface area contributed by atoms with E-state index in [4.69, 9.17) is 23.2 Å². The van der Waals surface area contributed by atoms with Crippen LogP contribution in [0.4, 0.5) is 0 Å². The van der Waals surface area contributed by atoms with Gasteiger partial charge in [0.1, 0.15) is 5.69 Å². The van der Waals surface area contributed by atoms with Gasteiger partial charge in [0.05, 0.1) is 16.5 Å². The van der Waals surface area contributed by atoms with Gasteiger partial charge in [-0.1, -0.05) is 23.2 Å². The summed E-state index contributed by atoms with van der Waals surface area (Å²) in [6.07, 6.45) is 2.66. The fraction of sp³-hybridized carbons (Fsp3) is 0.444. The Balaban J connectivity index is 1.55. The van der Waals surface area contributed by atoms with Gasteiger partial charge < -0.3 is 5.32 Å². The lowest BCUT2D eigenvalue weighted by Crippen LogP contribution is -2.42. The molecule has 3 rings (SSSR count). The van der Waals surface area contributed by atoms with E-state index < -0.39 is 10.0 Å². The van der Waals surface area contributed by atoms with Crippen LogP contribution in [-0.2, 0) is 27.9 Å². The Labute approximate surface area is 174 Å². The van der Waals surface area contributed by atoms with Gasteiger partial charge in [-0.15, -0.1) is 0 Å². The van der Waals surface area contributed by atoms with Crippen molar-refractivity contribution in [1.82, 2.24) is 19.4 Å². The average molecular weight is 445 g/mol. The van der Waals surface area contributed by atoms with Crippen LogP contribution >= 0.6 is 23.2 Å². The van der Waals surface area contributed by atoms with Crippen molar-refractivity contribution < 1.29 is 13.2 Å². The van der Waals surface area contributed by atoms with E-state index in [1.165, 1.54) is 16.4 Å². The van der Waals surface area contributed by atoms with Gasteiger partial charge >= 0.3 is 0 Å². The molecular weight excluding hydrogens is 423 g/mol. The summed E-state index contributed by atoms with van der Waals surface area (Å²) in [5, 5.41) is 8.16. The lowest BCUT2D eigenvalue weighted by molar-refractivity contribution is -0.126. The number of amides is 1. The first-order chi connectivity index (χ1) is 13.3. The van der Waals surface area contributed by atoms with Gasteiger partial charge in [0.2, 0.25) is 15.9 Å². The van der Waals surface area contributed by atoms with Crippen molar-refractivity contribution >= 4 is 39.1 Å². The predicted molar refractivity (Wildman–Crippen MR) is 108 cm³/mol. The second kappa shape index (κ2) is 8.82. The molecule has 0 unspecified atom stereocenters. The third kappa shape index (κ3) is 4.68. The molecule has 0 saturated carbocycles. The highest BCUT2D eigenvalue weighted by molar-refractivity contribution is 7.89. The maximum atomic E-state index is 12.7. The standard InChI is InChI=1S/C18H22Cl2N4O3S/c1-2-23-12-16(20)17(22-23)11-21-18(25)13-7-9-24(10-8-13)28(26,27)15-5-3-14(19)4-6-15/h3-6,12-13H,2,7-11H2,1H3,(H,21,25). The molecule has 2 aromatic rings. The molecule has 0 aliphatic carbocycles. The average Bonchev–Trinajstić information content (AvgIpc) is 3.06. The molecule has 152 valence electrons. The summed E-state index contributed by atoms with van der Waals surface area (Å²) in [6, 6.07) is 6.10. The zero-order valence-corrected chi connectivity index (χ0v) is 17.8. The number of nitrogens with one attached hydrogen (secondary N) is 1. The van der Waals surface area contributed by atoms with E-state index in [1.54, 1.807) is 23.0 Å². The number of aromatic nitrogens is 2. The van der Waals surface area contributed by atoms with E-state index in [1.807, 2.05) is 6.92 Å². The van der Waals surface area contributed by atoms with Crippen LogP contribution in [0.1, 0.15) is 25.5 Å². The molecule has 0 spiro atoms. The smallest absolute Gasteiger partial charge is 0.243 e. The quantitative estimate of drug-likeness (QED) is 0.741. The van der Waals surface area contributed by atoms with Gasteiger partial charge in [0.15, 0.2) is 0 Å². The van der Waals surface area contributed by atoms with E-state index in [9.17, 15) is 13.2 Å². The lowest BCUT2D eigenvalue weighted by atomic mass is 9.97. The van der Waals surface area contributed by atoms with Crippen molar-refractivity contribution in [2.24, 2.45) is 5.92 Å². The van der Waals surface area contributed by atoms with Crippen LogP contribution < -0.4 is 5.32 Å². The van der Waals surface area contributed by atoms with E-state index in [-0.39, 0.29) is 23.3 Å². The number of sulfonamides is 1. The second-order valence-corrected chi connectivity index (χ2v) is 9.41. The fourth-order valence-electron chi connectivity index (χ4n) is 3.15. The Bertz CT molecular complexity index is 936. The molecule has 1 aliphatic rings. The number of carbonyl (C=O) groups is 1. The van der Waals surface area contributed by atoms with Crippen LogP contribution in [0.15, 0.2) is 35.4 Å². The number of aryl methyl sites for hydroxylation is 1. The molecule has 1 amide bonds. The van der Waals surface area contributed by atoms with Crippen LogP contribution in [0, 0.1) is 5.92 Å². The normalized spacial score (nSPS) is 16.2. The number of carbonyl (C=O) groups excluding carboxylic acids is 1. The maximum absolute atomic E-state index is 12.7. The molecule has 1 aromatic heterocycles. The summed E-state index contributed by atoms with van der Waals surface area (Å²) in [7, 11) is -3.58. The van der Waals surface area contributed by atoms with E-state index >= 15 is 0 Å². The Morgan fingerprint density at radius 3 is 2.43 bits per heavy atom. The van der Waals surface area contributed by atoms with Gasteiger partial charge in [-0.05, 0) is 44.0 Å². The van der Waals surface area contributed by atoms with Gasteiger partial charge in [0, 0.05) is 36.8 Å². The largest absolute Gasteiger partial charge is 0.350 e. The topological polar surface area (TPSA) is 84.3 Å². The highest BCUT2D eigenvalue weighted by Crippen LogP contribution is 2.25. The summed E-state index contributed by atoms with van der Waals surface area (Å²) >= 11 is 11.9. The molecule has 1 saturated heterocycles. The second-order valence-electron chi connectivity index (χ2n) is 6.63. The van der Waals surface area contributed by atoms with E-state index in [2.05, 4.69) is 10.4 Å². The van der Waals surface area contributed by atoms with Gasteiger partial charge in [-0.3, -0.25) is 9.48 Å². The number of rotatable bonds is 6. The van der Waals surface area contributed by atoms with Crippen molar-refractivity contribution in [3.8, 4) is 0 Å². The van der Waals surface area contributed by atoms with Crippen molar-refractivity contribution in [1.29, 1.82) is 0 Å². The van der Waals surface area contributed by atoms with Crippen LogP contribution in [0.3, 0.4) is 0 Å². The predicted octanol–water partition coefficient (Wildman–Crippen LogP) is 2.93. The van der Waals surface area contributed by atoms with Crippen LogP contribution in [0.2, 0.25) is 10.0 Å². The Hall–Kier alpha value is -1.61. The number of hydrogen-bond donors (Lipinski definition) is 1. The summed E-state index contributed by atoms with van der Waals surface area (Å²) in [4.78, 5) is 12.7. The molecule has 1 aromatic carbocycles. The molecule has 1 N–H and O–H groups in total. The van der Waals surface area contributed by atoms with E-state index in [0.717, 1.165) is 0 Å². The van der Waals surface area contributed by atoms with Gasteiger partial charge in [0.25, 0.3) is 0 Å². The zero-order chi connectivity index (χ0) is 20.3. The molecule has 0 atom stereocenters. The zero-order valence-electron chi connectivity index (χ0n) is 15.4. The SMILES string of the molecule is CCn1cc(Cl)c(CNC(=O)C2CCN(S(=O)(=O)c3ccc(Cl)cc3)CC2)n1. The highest BCUT2D eigenvalue weighted by Gasteiger charge is 2.32. The molecule has 0 radical (unpaired) electrons. The molecule has 7 nitrogen and oxygen atoms in total. The molecule has 1 fully saturated rings. The number of hydrogen-bond acceptors (Lipinski definition) is 4. The lowest BCUT2D eigenvalue weighted by Gasteiger charge is -2.30. The van der Waals surface area contributed by atoms with E-state index in [0.29, 0.717) is 48.2 Å². The highest BCUT2D eigenvalue weighted by atomic mass is 35.5. The Kier molecular flexibility index (Phi) is 6.65. The minimum absolute atomic E-state index is 0.106. The van der Waals surface area contributed by atoms with Crippen molar-refractivity contribution in [2.75, 3.05) is 13.1 Å². The Morgan fingerprint density at radius 2 is 1.86 bits per heavy atom. The van der Waals surface area contributed by atoms with Crippen LogP contribution in [-0.4, -0.2) is 41.5 Å². The first-order valence-corrected chi connectivity index (χ1v) is 11.3. The van der Waals surface area contributed by atoms with Gasteiger partial charge in [-0.2, -0.15) is 9.40 Å². The number of halogens is 2. The summed E-state index contributed by atoms with van der Waals surface area (Å²) in [5.74, 6) is -0.339. The summed E-state index contributed by atoms with van der Waals surface area (Å²) in [5.41, 5.74) is 0.625. The van der Waals surface area contributed by atoms with Crippen molar-refractivity contribution in [3.63, 3.8) is 0 Å². The fourth-order valence-corrected chi connectivity index (χ4v) is 4.96. The molecule has 28 heavy (non-hydrogen) atoms.